The highest BCUT2D eigenvalue weighted by Crippen LogP contribution is 2.33. The van der Waals surface area contributed by atoms with Crippen molar-refractivity contribution in [3.8, 4) is 11.4 Å². The summed E-state index contributed by atoms with van der Waals surface area (Å²) in [5.74, 6) is 0.986. The van der Waals surface area contributed by atoms with Crippen LogP contribution >= 0.6 is 0 Å². The van der Waals surface area contributed by atoms with Gasteiger partial charge >= 0.3 is 0 Å². The number of hydrogen-bond donors (Lipinski definition) is 2. The molecule has 1 amide bonds. The summed E-state index contributed by atoms with van der Waals surface area (Å²) in [5.41, 5.74) is 9.85. The van der Waals surface area contributed by atoms with Gasteiger partial charge in [-0.05, 0) is 43.4 Å². The SMILES string of the molecule is NC(=O)c1ccc(-c2nc(NC3CCN(Cc4ccccc4)CC3)c3ncn(C4CCCCC4)c3n2)cc1. The average Bonchev–Trinajstić information content (AvgIpc) is 3.40. The molecule has 0 radical (unpaired) electrons. The fourth-order valence-corrected chi connectivity index (χ4v) is 5.83. The van der Waals surface area contributed by atoms with Gasteiger partial charge in [-0.1, -0.05) is 61.7 Å². The van der Waals surface area contributed by atoms with Gasteiger partial charge in [-0.2, -0.15) is 0 Å². The summed E-state index contributed by atoms with van der Waals surface area (Å²) in [6.45, 7) is 3.07. The van der Waals surface area contributed by atoms with Gasteiger partial charge in [0.1, 0.15) is 5.52 Å². The molecule has 8 nitrogen and oxygen atoms in total. The lowest BCUT2D eigenvalue weighted by molar-refractivity contribution is 0.100. The molecule has 8 heteroatoms. The number of nitrogens with zero attached hydrogens (tertiary/aromatic N) is 5. The van der Waals surface area contributed by atoms with E-state index in [1.54, 1.807) is 12.1 Å². The molecule has 2 aromatic heterocycles. The van der Waals surface area contributed by atoms with E-state index >= 15 is 0 Å². The number of imidazole rings is 1. The van der Waals surface area contributed by atoms with Crippen LogP contribution in [0.5, 0.6) is 0 Å². The molecule has 2 aliphatic rings. The molecule has 6 rings (SSSR count). The number of carbonyl (C=O) groups excluding carboxylic acids is 1. The molecule has 1 saturated carbocycles. The van der Waals surface area contributed by atoms with Crippen LogP contribution in [-0.2, 0) is 6.54 Å². The molecule has 3 N–H and O–H groups in total. The summed E-state index contributed by atoms with van der Waals surface area (Å²) in [6.07, 6.45) is 10.1. The molecule has 3 heterocycles. The smallest absolute Gasteiger partial charge is 0.248 e. The molecule has 4 aromatic rings. The Balaban J connectivity index is 1.27. The molecule has 0 unspecified atom stereocenters. The number of aromatic nitrogens is 4. The van der Waals surface area contributed by atoms with E-state index in [2.05, 4.69) is 45.1 Å². The van der Waals surface area contributed by atoms with Gasteiger partial charge in [-0.15, -0.1) is 0 Å². The number of benzene rings is 2. The molecule has 1 aliphatic carbocycles. The number of rotatable bonds is 7. The van der Waals surface area contributed by atoms with Crippen LogP contribution in [0.4, 0.5) is 5.82 Å². The number of nitrogens with one attached hydrogen (secondary N) is 1. The number of fused-ring (bicyclic) bond motifs is 1. The highest BCUT2D eigenvalue weighted by atomic mass is 16.1. The molecule has 0 spiro atoms. The molecule has 38 heavy (non-hydrogen) atoms. The fourth-order valence-electron chi connectivity index (χ4n) is 5.83. The van der Waals surface area contributed by atoms with Gasteiger partial charge in [0.15, 0.2) is 17.3 Å². The lowest BCUT2D eigenvalue weighted by Crippen LogP contribution is -2.38. The molecule has 2 fully saturated rings. The lowest BCUT2D eigenvalue weighted by atomic mass is 9.95. The third-order valence-corrected chi connectivity index (χ3v) is 7.99. The van der Waals surface area contributed by atoms with Gasteiger partial charge < -0.3 is 15.6 Å². The first-order valence-corrected chi connectivity index (χ1v) is 13.8. The maximum atomic E-state index is 11.6. The van der Waals surface area contributed by atoms with Crippen molar-refractivity contribution >= 4 is 22.9 Å². The number of carbonyl (C=O) groups is 1. The Labute approximate surface area is 223 Å². The van der Waals surface area contributed by atoms with Crippen LogP contribution in [0.1, 0.15) is 66.9 Å². The van der Waals surface area contributed by atoms with E-state index in [0.29, 0.717) is 23.5 Å². The second-order valence-corrected chi connectivity index (χ2v) is 10.6. The van der Waals surface area contributed by atoms with E-state index in [9.17, 15) is 4.79 Å². The number of hydrogen-bond acceptors (Lipinski definition) is 6. The quantitative estimate of drug-likeness (QED) is 0.356. The van der Waals surface area contributed by atoms with Gasteiger partial charge in [0.05, 0.1) is 6.33 Å². The third kappa shape index (κ3) is 5.27. The first-order chi connectivity index (χ1) is 18.6. The van der Waals surface area contributed by atoms with Crippen molar-refractivity contribution in [1.29, 1.82) is 0 Å². The lowest BCUT2D eigenvalue weighted by Gasteiger charge is -2.32. The van der Waals surface area contributed by atoms with Crippen molar-refractivity contribution in [3.63, 3.8) is 0 Å². The van der Waals surface area contributed by atoms with Crippen LogP contribution < -0.4 is 11.1 Å². The Morgan fingerprint density at radius 2 is 1.66 bits per heavy atom. The number of primary amides is 1. The summed E-state index contributed by atoms with van der Waals surface area (Å²) in [5, 5.41) is 3.74. The van der Waals surface area contributed by atoms with E-state index in [0.717, 1.165) is 67.9 Å². The Kier molecular flexibility index (Phi) is 7.05. The number of likely N-dealkylation sites (tertiary alicyclic amines) is 1. The minimum atomic E-state index is -0.441. The van der Waals surface area contributed by atoms with Crippen LogP contribution in [-0.4, -0.2) is 49.5 Å². The van der Waals surface area contributed by atoms with Gasteiger partial charge in [0.2, 0.25) is 5.91 Å². The summed E-state index contributed by atoms with van der Waals surface area (Å²) < 4.78 is 2.26. The van der Waals surface area contributed by atoms with Crippen LogP contribution in [0.15, 0.2) is 60.9 Å². The zero-order chi connectivity index (χ0) is 25.9. The van der Waals surface area contributed by atoms with E-state index in [1.807, 2.05) is 18.5 Å². The maximum Gasteiger partial charge on any atom is 0.248 e. The van der Waals surface area contributed by atoms with Gasteiger partial charge in [-0.3, -0.25) is 9.69 Å². The first kappa shape index (κ1) is 24.6. The van der Waals surface area contributed by atoms with E-state index in [4.69, 9.17) is 20.7 Å². The molecular weight excluding hydrogens is 474 g/mol. The molecule has 1 saturated heterocycles. The number of piperidine rings is 1. The summed E-state index contributed by atoms with van der Waals surface area (Å²) in [7, 11) is 0. The number of nitrogens with two attached hydrogens (primary N) is 1. The van der Waals surface area contributed by atoms with Gasteiger partial charge in [-0.25, -0.2) is 15.0 Å². The topological polar surface area (TPSA) is 102 Å². The largest absolute Gasteiger partial charge is 0.366 e. The van der Waals surface area contributed by atoms with Crippen LogP contribution in [0.2, 0.25) is 0 Å². The van der Waals surface area contributed by atoms with Crippen molar-refractivity contribution in [2.45, 2.75) is 63.6 Å². The standard InChI is InChI=1S/C30H35N7O/c31-27(38)22-11-13-23(14-12-22)28-34-29(26-30(35-28)37(20-32-26)25-9-5-2-6-10-25)33-24-15-17-36(18-16-24)19-21-7-3-1-4-8-21/h1,3-4,7-8,11-14,20,24-25H,2,5-6,9-10,15-19H2,(H2,31,38)(H,33,34,35). The second kappa shape index (κ2) is 10.9. The normalized spacial score (nSPS) is 17.6. The Morgan fingerprint density at radius 1 is 0.921 bits per heavy atom. The van der Waals surface area contributed by atoms with Crippen LogP contribution in [0.3, 0.4) is 0 Å². The number of amides is 1. The van der Waals surface area contributed by atoms with Crippen molar-refractivity contribution in [2.24, 2.45) is 5.73 Å². The van der Waals surface area contributed by atoms with Gasteiger partial charge in [0, 0.05) is 42.8 Å². The monoisotopic (exact) mass is 509 g/mol. The zero-order valence-electron chi connectivity index (χ0n) is 21.7. The minimum absolute atomic E-state index is 0.324. The van der Waals surface area contributed by atoms with Gasteiger partial charge in [0.25, 0.3) is 0 Å². The molecular formula is C30H35N7O. The van der Waals surface area contributed by atoms with Crippen molar-refractivity contribution in [3.05, 3.63) is 72.1 Å². The maximum absolute atomic E-state index is 11.6. The minimum Gasteiger partial charge on any atom is -0.366 e. The molecule has 1 aliphatic heterocycles. The Hall–Kier alpha value is -3.78. The highest BCUT2D eigenvalue weighted by molar-refractivity contribution is 5.93. The van der Waals surface area contributed by atoms with E-state index in [-0.39, 0.29) is 0 Å². The molecule has 0 bridgehead atoms. The summed E-state index contributed by atoms with van der Waals surface area (Å²) >= 11 is 0. The molecule has 2 aromatic carbocycles. The second-order valence-electron chi connectivity index (χ2n) is 10.6. The average molecular weight is 510 g/mol. The van der Waals surface area contributed by atoms with Crippen molar-refractivity contribution in [2.75, 3.05) is 18.4 Å². The summed E-state index contributed by atoms with van der Waals surface area (Å²) in [6, 6.07) is 18.6. The zero-order valence-corrected chi connectivity index (χ0v) is 21.7. The van der Waals surface area contributed by atoms with E-state index in [1.165, 1.54) is 24.8 Å². The van der Waals surface area contributed by atoms with Crippen molar-refractivity contribution < 1.29 is 4.79 Å². The first-order valence-electron chi connectivity index (χ1n) is 13.8. The fraction of sp³-hybridized carbons (Fsp3) is 0.400. The summed E-state index contributed by atoms with van der Waals surface area (Å²) in [4.78, 5) is 28.9. The third-order valence-electron chi connectivity index (χ3n) is 7.99. The number of anilines is 1. The Morgan fingerprint density at radius 3 is 2.37 bits per heavy atom. The van der Waals surface area contributed by atoms with E-state index < -0.39 is 5.91 Å². The van der Waals surface area contributed by atoms with Crippen LogP contribution in [0.25, 0.3) is 22.6 Å². The highest BCUT2D eigenvalue weighted by Gasteiger charge is 2.24. The predicted octanol–water partition coefficient (Wildman–Crippen LogP) is 5.17. The Bertz CT molecular complexity index is 1390. The predicted molar refractivity (Wildman–Crippen MR) is 150 cm³/mol. The van der Waals surface area contributed by atoms with Crippen LogP contribution in [0, 0.1) is 0 Å². The van der Waals surface area contributed by atoms with Crippen molar-refractivity contribution in [1.82, 2.24) is 24.4 Å². The molecule has 0 atom stereocenters. The molecule has 196 valence electrons.